The van der Waals surface area contributed by atoms with Gasteiger partial charge in [-0.15, -0.1) is 0 Å². The van der Waals surface area contributed by atoms with Gasteiger partial charge in [-0.2, -0.15) is 0 Å². The summed E-state index contributed by atoms with van der Waals surface area (Å²) in [5, 5.41) is 6.89. The van der Waals surface area contributed by atoms with E-state index < -0.39 is 0 Å². The highest BCUT2D eigenvalue weighted by Gasteiger charge is 2.22. The predicted molar refractivity (Wildman–Crippen MR) is 93.4 cm³/mol. The number of carbonyl (C=O) groups is 1. The lowest BCUT2D eigenvalue weighted by atomic mass is 10.1. The molecule has 8 nitrogen and oxygen atoms in total. The topological polar surface area (TPSA) is 87.4 Å². The van der Waals surface area contributed by atoms with Crippen LogP contribution in [0.4, 0.5) is 10.6 Å². The molecule has 3 heterocycles. The Morgan fingerprint density at radius 1 is 1.32 bits per heavy atom. The minimum Gasteiger partial charge on any atom is -0.359 e. The quantitative estimate of drug-likeness (QED) is 0.912. The van der Waals surface area contributed by atoms with Gasteiger partial charge in [-0.25, -0.2) is 14.8 Å². The maximum atomic E-state index is 12.3. The first kappa shape index (κ1) is 17.2. The molecule has 0 saturated carbocycles. The van der Waals surface area contributed by atoms with E-state index in [0.717, 1.165) is 30.4 Å². The molecule has 0 radical (unpaired) electrons. The van der Waals surface area contributed by atoms with Crippen LogP contribution in [0.1, 0.15) is 37.0 Å². The van der Waals surface area contributed by atoms with Crippen LogP contribution in [0.25, 0.3) is 0 Å². The van der Waals surface area contributed by atoms with E-state index in [1.165, 1.54) is 0 Å². The van der Waals surface area contributed by atoms with Gasteiger partial charge in [0.05, 0.1) is 12.2 Å². The van der Waals surface area contributed by atoms with Gasteiger partial charge in [0.15, 0.2) is 5.76 Å². The number of nitrogens with one attached hydrogen (secondary N) is 1. The average molecular weight is 344 g/mol. The molecule has 0 aromatic carbocycles. The Morgan fingerprint density at radius 3 is 2.72 bits per heavy atom. The van der Waals surface area contributed by atoms with Crippen LogP contribution < -0.4 is 10.2 Å². The number of carbonyl (C=O) groups excluding carboxylic acids is 1. The van der Waals surface area contributed by atoms with Crippen molar-refractivity contribution in [2.45, 2.75) is 33.2 Å². The fraction of sp³-hybridized carbons (Fsp3) is 0.529. The monoisotopic (exact) mass is 344 g/mol. The summed E-state index contributed by atoms with van der Waals surface area (Å²) < 4.78 is 5.24. The van der Waals surface area contributed by atoms with Gasteiger partial charge in [-0.3, -0.25) is 0 Å². The minimum absolute atomic E-state index is 0.0824. The lowest BCUT2D eigenvalue weighted by molar-refractivity contribution is 0.192. The maximum Gasteiger partial charge on any atom is 0.317 e. The zero-order valence-corrected chi connectivity index (χ0v) is 14.9. The van der Waals surface area contributed by atoms with Crippen LogP contribution >= 0.6 is 0 Å². The maximum absolute atomic E-state index is 12.3. The molecular formula is C17H24N6O2. The van der Waals surface area contributed by atoms with Crippen molar-refractivity contribution in [2.24, 2.45) is 0 Å². The Hall–Kier alpha value is -2.64. The Kier molecular flexibility index (Phi) is 5.16. The van der Waals surface area contributed by atoms with Crippen LogP contribution in [0.3, 0.4) is 0 Å². The summed E-state index contributed by atoms with van der Waals surface area (Å²) in [5.41, 5.74) is 0.901. The smallest absolute Gasteiger partial charge is 0.317 e. The molecule has 134 valence electrons. The number of piperazine rings is 1. The van der Waals surface area contributed by atoms with E-state index in [9.17, 15) is 4.79 Å². The van der Waals surface area contributed by atoms with Crippen molar-refractivity contribution in [1.82, 2.24) is 25.3 Å². The van der Waals surface area contributed by atoms with Gasteiger partial charge < -0.3 is 19.6 Å². The summed E-state index contributed by atoms with van der Waals surface area (Å²) in [5.74, 6) is 2.65. The number of urea groups is 1. The van der Waals surface area contributed by atoms with Gasteiger partial charge in [0.25, 0.3) is 0 Å². The molecule has 8 heteroatoms. The fourth-order valence-corrected chi connectivity index (χ4v) is 2.72. The first-order chi connectivity index (χ1) is 12.0. The van der Waals surface area contributed by atoms with Gasteiger partial charge in [-0.05, 0) is 18.9 Å². The van der Waals surface area contributed by atoms with Crippen molar-refractivity contribution in [3.05, 3.63) is 35.6 Å². The molecular weight excluding hydrogens is 320 g/mol. The normalized spacial score (nSPS) is 14.9. The standard InChI is InChI=1S/C17H24N6O2/c1-12(2)15-10-14(25-21-15)11-19-17(24)23-8-6-22(7-9-23)16-4-5-18-13(3)20-16/h4-5,10,12H,6-9,11H2,1-3H3,(H,19,24). The molecule has 0 atom stereocenters. The molecule has 0 spiro atoms. The molecule has 0 unspecified atom stereocenters. The molecule has 2 aromatic rings. The summed E-state index contributed by atoms with van der Waals surface area (Å²) in [4.78, 5) is 24.9. The van der Waals surface area contributed by atoms with E-state index in [1.807, 2.05) is 24.0 Å². The van der Waals surface area contributed by atoms with Gasteiger partial charge >= 0.3 is 6.03 Å². The summed E-state index contributed by atoms with van der Waals surface area (Å²) in [7, 11) is 0. The molecule has 1 aliphatic heterocycles. The number of aromatic nitrogens is 3. The summed E-state index contributed by atoms with van der Waals surface area (Å²) in [6.45, 7) is 9.15. The first-order valence-corrected chi connectivity index (χ1v) is 8.56. The molecule has 0 bridgehead atoms. The van der Waals surface area contributed by atoms with E-state index in [-0.39, 0.29) is 6.03 Å². The first-order valence-electron chi connectivity index (χ1n) is 8.56. The Balaban J connectivity index is 1.48. The number of amides is 2. The predicted octanol–water partition coefficient (Wildman–Crippen LogP) is 1.93. The number of anilines is 1. The molecule has 3 rings (SSSR count). The van der Waals surface area contributed by atoms with Crippen LogP contribution in [-0.4, -0.2) is 52.2 Å². The number of rotatable bonds is 4. The SMILES string of the molecule is Cc1nccc(N2CCN(C(=O)NCc3cc(C(C)C)no3)CC2)n1. The molecule has 2 amide bonds. The van der Waals surface area contributed by atoms with Gasteiger partial charge in [0, 0.05) is 38.4 Å². The molecule has 2 aromatic heterocycles. The molecule has 1 aliphatic rings. The number of hydrogen-bond donors (Lipinski definition) is 1. The zero-order chi connectivity index (χ0) is 17.8. The number of aryl methyl sites for hydroxylation is 1. The third kappa shape index (κ3) is 4.26. The zero-order valence-electron chi connectivity index (χ0n) is 14.9. The van der Waals surface area contributed by atoms with Gasteiger partial charge in [0.2, 0.25) is 0 Å². The van der Waals surface area contributed by atoms with Crippen LogP contribution in [0.5, 0.6) is 0 Å². The van der Waals surface area contributed by atoms with Crippen molar-refractivity contribution >= 4 is 11.8 Å². The lowest BCUT2D eigenvalue weighted by Crippen LogP contribution is -2.51. The highest BCUT2D eigenvalue weighted by Crippen LogP contribution is 2.15. The second kappa shape index (κ2) is 7.50. The van der Waals surface area contributed by atoms with Gasteiger partial charge in [0.1, 0.15) is 11.6 Å². The Morgan fingerprint density at radius 2 is 2.08 bits per heavy atom. The molecule has 0 aliphatic carbocycles. The molecule has 1 fully saturated rings. The van der Waals surface area contributed by atoms with Crippen LogP contribution in [-0.2, 0) is 6.54 Å². The fourth-order valence-electron chi connectivity index (χ4n) is 2.72. The Labute approximate surface area is 147 Å². The average Bonchev–Trinajstić information content (AvgIpc) is 3.09. The van der Waals surface area contributed by atoms with E-state index >= 15 is 0 Å². The van der Waals surface area contributed by atoms with Crippen molar-refractivity contribution in [2.75, 3.05) is 31.1 Å². The van der Waals surface area contributed by atoms with Crippen LogP contribution in [0.2, 0.25) is 0 Å². The van der Waals surface area contributed by atoms with E-state index in [1.54, 1.807) is 6.20 Å². The van der Waals surface area contributed by atoms with Crippen molar-refractivity contribution in [3.63, 3.8) is 0 Å². The van der Waals surface area contributed by atoms with Crippen LogP contribution in [0, 0.1) is 6.92 Å². The highest BCUT2D eigenvalue weighted by atomic mass is 16.5. The minimum atomic E-state index is -0.0824. The Bertz CT molecular complexity index is 721. The summed E-state index contributed by atoms with van der Waals surface area (Å²) in [6.07, 6.45) is 1.76. The second-order valence-electron chi connectivity index (χ2n) is 6.47. The molecule has 25 heavy (non-hydrogen) atoms. The van der Waals surface area contributed by atoms with E-state index in [4.69, 9.17) is 4.52 Å². The second-order valence-corrected chi connectivity index (χ2v) is 6.47. The molecule has 1 saturated heterocycles. The van der Waals surface area contributed by atoms with Crippen molar-refractivity contribution < 1.29 is 9.32 Å². The van der Waals surface area contributed by atoms with E-state index in [2.05, 4.69) is 39.2 Å². The van der Waals surface area contributed by atoms with Crippen LogP contribution in [0.15, 0.2) is 22.9 Å². The lowest BCUT2D eigenvalue weighted by Gasteiger charge is -2.35. The summed E-state index contributed by atoms with van der Waals surface area (Å²) >= 11 is 0. The van der Waals surface area contributed by atoms with E-state index in [0.29, 0.717) is 31.3 Å². The van der Waals surface area contributed by atoms with Crippen molar-refractivity contribution in [3.8, 4) is 0 Å². The number of nitrogens with zero attached hydrogens (tertiary/aromatic N) is 5. The van der Waals surface area contributed by atoms with Gasteiger partial charge in [-0.1, -0.05) is 19.0 Å². The third-order valence-corrected chi connectivity index (χ3v) is 4.23. The summed E-state index contributed by atoms with van der Waals surface area (Å²) in [6, 6.07) is 3.71. The van der Waals surface area contributed by atoms with Crippen molar-refractivity contribution in [1.29, 1.82) is 0 Å². The number of hydrogen-bond acceptors (Lipinski definition) is 6. The molecule has 1 N–H and O–H groups in total. The largest absolute Gasteiger partial charge is 0.359 e. The highest BCUT2D eigenvalue weighted by molar-refractivity contribution is 5.74. The third-order valence-electron chi connectivity index (χ3n) is 4.23.